The van der Waals surface area contributed by atoms with Crippen molar-refractivity contribution in [3.63, 3.8) is 0 Å². The van der Waals surface area contributed by atoms with E-state index in [9.17, 15) is 19.8 Å². The number of amides is 1. The minimum absolute atomic E-state index is 0.0932. The lowest BCUT2D eigenvalue weighted by molar-refractivity contribution is -0.120. The number of halogens is 1. The summed E-state index contributed by atoms with van der Waals surface area (Å²) < 4.78 is 5.11. The molecule has 1 heterocycles. The van der Waals surface area contributed by atoms with E-state index in [0.717, 1.165) is 5.56 Å². The minimum Gasteiger partial charge on any atom is -0.504 e. The monoisotopic (exact) mass is 387 g/mol. The second kappa shape index (κ2) is 7.72. The third kappa shape index (κ3) is 4.06. The molecule has 0 saturated heterocycles. The molecule has 0 aliphatic rings. The Morgan fingerprint density at radius 3 is 2.56 bits per heavy atom. The van der Waals surface area contributed by atoms with Gasteiger partial charge in [-0.1, -0.05) is 23.7 Å². The van der Waals surface area contributed by atoms with Crippen LogP contribution in [0.1, 0.15) is 16.7 Å². The Labute approximate surface area is 160 Å². The number of fused-ring (bicyclic) bond motifs is 1. The van der Waals surface area contributed by atoms with Crippen LogP contribution < -0.4 is 10.9 Å². The molecule has 6 nitrogen and oxygen atoms in total. The average molecular weight is 388 g/mol. The zero-order chi connectivity index (χ0) is 19.6. The van der Waals surface area contributed by atoms with E-state index in [1.165, 1.54) is 12.1 Å². The first-order chi connectivity index (χ1) is 12.9. The van der Waals surface area contributed by atoms with Crippen LogP contribution in [-0.4, -0.2) is 22.7 Å². The number of phenolic OH excluding ortho intramolecular Hbond substituents is 2. The van der Waals surface area contributed by atoms with Gasteiger partial charge in [-0.2, -0.15) is 0 Å². The van der Waals surface area contributed by atoms with Crippen molar-refractivity contribution < 1.29 is 19.4 Å². The summed E-state index contributed by atoms with van der Waals surface area (Å²) in [5, 5.41) is 23.3. The van der Waals surface area contributed by atoms with Gasteiger partial charge in [-0.15, -0.1) is 0 Å². The summed E-state index contributed by atoms with van der Waals surface area (Å²) in [5.74, 6) is -1.17. The number of carbonyl (C=O) groups excluding carboxylic acids is 1. The molecule has 0 radical (unpaired) electrons. The van der Waals surface area contributed by atoms with Gasteiger partial charge < -0.3 is 19.9 Å². The van der Waals surface area contributed by atoms with Gasteiger partial charge in [0.2, 0.25) is 11.7 Å². The first-order valence-corrected chi connectivity index (χ1v) is 8.73. The van der Waals surface area contributed by atoms with E-state index in [0.29, 0.717) is 28.9 Å². The largest absolute Gasteiger partial charge is 0.504 e. The summed E-state index contributed by atoms with van der Waals surface area (Å²) in [5.41, 5.74) is 0.982. The number of hydrogen-bond donors (Lipinski definition) is 3. The number of aromatic hydroxyl groups is 2. The fraction of sp³-hybridized carbons (Fsp3) is 0.200. The van der Waals surface area contributed by atoms with Crippen LogP contribution in [0.15, 0.2) is 45.6 Å². The van der Waals surface area contributed by atoms with Gasteiger partial charge in [0, 0.05) is 17.0 Å². The molecule has 3 rings (SSSR count). The summed E-state index contributed by atoms with van der Waals surface area (Å²) in [6.07, 6.45) is 0.508. The number of rotatable bonds is 5. The number of benzene rings is 2. The van der Waals surface area contributed by atoms with Crippen molar-refractivity contribution in [2.45, 2.75) is 19.8 Å². The molecule has 0 atom stereocenters. The van der Waals surface area contributed by atoms with Crippen molar-refractivity contribution in [3.05, 3.63) is 68.5 Å². The Balaban J connectivity index is 1.72. The van der Waals surface area contributed by atoms with Crippen molar-refractivity contribution in [3.8, 4) is 11.5 Å². The van der Waals surface area contributed by atoms with Crippen LogP contribution in [0.25, 0.3) is 11.0 Å². The standard InChI is InChI=1S/C20H18ClNO5/c1-11-14-6-7-16(23)18(25)19(14)27-20(26)15(11)10-17(24)22-9-8-12-2-4-13(21)5-3-12/h2-7,23,25H,8-10H2,1H3,(H,22,24). The molecule has 3 N–H and O–H groups in total. The minimum atomic E-state index is -0.714. The summed E-state index contributed by atoms with van der Waals surface area (Å²) >= 11 is 5.84. The average Bonchev–Trinajstić information content (AvgIpc) is 2.64. The first-order valence-electron chi connectivity index (χ1n) is 8.35. The van der Waals surface area contributed by atoms with Crippen LogP contribution in [0, 0.1) is 6.92 Å². The summed E-state index contributed by atoms with van der Waals surface area (Å²) in [7, 11) is 0. The normalized spacial score (nSPS) is 10.9. The molecule has 140 valence electrons. The number of phenols is 2. The zero-order valence-corrected chi connectivity index (χ0v) is 15.3. The Morgan fingerprint density at radius 1 is 1.15 bits per heavy atom. The molecule has 0 spiro atoms. The van der Waals surface area contributed by atoms with Gasteiger partial charge in [-0.25, -0.2) is 4.79 Å². The molecule has 0 aliphatic carbocycles. The quantitative estimate of drug-likeness (QED) is 0.461. The third-order valence-electron chi connectivity index (χ3n) is 4.39. The van der Waals surface area contributed by atoms with E-state index < -0.39 is 11.4 Å². The highest BCUT2D eigenvalue weighted by atomic mass is 35.5. The van der Waals surface area contributed by atoms with Gasteiger partial charge in [0.05, 0.1) is 12.0 Å². The predicted octanol–water partition coefficient (Wildman–Crippen LogP) is 3.07. The maximum Gasteiger partial charge on any atom is 0.340 e. The van der Waals surface area contributed by atoms with Gasteiger partial charge in [0.25, 0.3) is 0 Å². The van der Waals surface area contributed by atoms with E-state index in [1.807, 2.05) is 12.1 Å². The molecular weight excluding hydrogens is 370 g/mol. The summed E-state index contributed by atoms with van der Waals surface area (Å²) in [6, 6.07) is 10.2. The van der Waals surface area contributed by atoms with Gasteiger partial charge in [-0.05, 0) is 48.7 Å². The maximum absolute atomic E-state index is 12.2. The predicted molar refractivity (Wildman–Crippen MR) is 102 cm³/mol. The fourth-order valence-corrected chi connectivity index (χ4v) is 2.98. The maximum atomic E-state index is 12.2. The van der Waals surface area contributed by atoms with Gasteiger partial charge in [0.15, 0.2) is 11.3 Å². The first kappa shape index (κ1) is 18.8. The Bertz CT molecular complexity index is 1060. The fourth-order valence-electron chi connectivity index (χ4n) is 2.85. The lowest BCUT2D eigenvalue weighted by atomic mass is 10.0. The summed E-state index contributed by atoms with van der Waals surface area (Å²) in [6.45, 7) is 2.10. The van der Waals surface area contributed by atoms with Crippen LogP contribution in [0.4, 0.5) is 0 Å². The zero-order valence-electron chi connectivity index (χ0n) is 14.6. The molecular formula is C20H18ClNO5. The van der Waals surface area contributed by atoms with Crippen molar-refractivity contribution >= 4 is 28.5 Å². The van der Waals surface area contributed by atoms with Gasteiger partial charge >= 0.3 is 5.63 Å². The molecule has 0 saturated carbocycles. The molecule has 7 heteroatoms. The van der Waals surface area contributed by atoms with E-state index in [-0.39, 0.29) is 29.2 Å². The lowest BCUT2D eigenvalue weighted by Gasteiger charge is -2.10. The van der Waals surface area contributed by atoms with E-state index in [2.05, 4.69) is 5.32 Å². The number of carbonyl (C=O) groups is 1. The molecule has 3 aromatic rings. The molecule has 0 unspecified atom stereocenters. The smallest absolute Gasteiger partial charge is 0.340 e. The van der Waals surface area contributed by atoms with Crippen LogP contribution in [0.5, 0.6) is 11.5 Å². The molecule has 1 aromatic heterocycles. The molecule has 1 amide bonds. The Morgan fingerprint density at radius 2 is 1.85 bits per heavy atom. The Kier molecular flexibility index (Phi) is 5.37. The van der Waals surface area contributed by atoms with E-state index in [4.69, 9.17) is 16.0 Å². The highest BCUT2D eigenvalue weighted by Gasteiger charge is 2.18. The molecule has 0 fully saturated rings. The van der Waals surface area contributed by atoms with E-state index in [1.54, 1.807) is 19.1 Å². The van der Waals surface area contributed by atoms with Gasteiger partial charge in [-0.3, -0.25) is 4.79 Å². The molecule has 2 aromatic carbocycles. The molecule has 0 bridgehead atoms. The van der Waals surface area contributed by atoms with Crippen LogP contribution >= 0.6 is 11.6 Å². The molecule has 0 aliphatic heterocycles. The van der Waals surface area contributed by atoms with Crippen LogP contribution in [-0.2, 0) is 17.6 Å². The van der Waals surface area contributed by atoms with Gasteiger partial charge in [0.1, 0.15) is 0 Å². The Hall–Kier alpha value is -2.99. The van der Waals surface area contributed by atoms with Crippen molar-refractivity contribution in [2.24, 2.45) is 0 Å². The highest BCUT2D eigenvalue weighted by molar-refractivity contribution is 6.30. The highest BCUT2D eigenvalue weighted by Crippen LogP contribution is 2.34. The SMILES string of the molecule is Cc1c(CC(=O)NCCc2ccc(Cl)cc2)c(=O)oc2c(O)c(O)ccc12. The number of nitrogens with one attached hydrogen (secondary N) is 1. The van der Waals surface area contributed by atoms with Crippen LogP contribution in [0.2, 0.25) is 5.02 Å². The lowest BCUT2D eigenvalue weighted by Crippen LogP contribution is -2.29. The van der Waals surface area contributed by atoms with Crippen molar-refractivity contribution in [1.29, 1.82) is 0 Å². The van der Waals surface area contributed by atoms with Crippen molar-refractivity contribution in [2.75, 3.05) is 6.54 Å². The van der Waals surface area contributed by atoms with Crippen molar-refractivity contribution in [1.82, 2.24) is 5.32 Å². The topological polar surface area (TPSA) is 99.8 Å². The molecule has 27 heavy (non-hydrogen) atoms. The van der Waals surface area contributed by atoms with Crippen LogP contribution in [0.3, 0.4) is 0 Å². The number of aryl methyl sites for hydroxylation is 1. The van der Waals surface area contributed by atoms with E-state index >= 15 is 0 Å². The summed E-state index contributed by atoms with van der Waals surface area (Å²) in [4.78, 5) is 24.4. The second-order valence-corrected chi connectivity index (χ2v) is 6.64. The second-order valence-electron chi connectivity index (χ2n) is 6.21. The third-order valence-corrected chi connectivity index (χ3v) is 4.65. The number of hydrogen-bond acceptors (Lipinski definition) is 5.